The summed E-state index contributed by atoms with van der Waals surface area (Å²) < 4.78 is 18.9. The van der Waals surface area contributed by atoms with Crippen molar-refractivity contribution in [3.05, 3.63) is 65.0 Å². The van der Waals surface area contributed by atoms with E-state index in [2.05, 4.69) is 0 Å². The van der Waals surface area contributed by atoms with Gasteiger partial charge in [0.25, 0.3) is 5.91 Å². The first-order valence-electron chi connectivity index (χ1n) is 8.07. The van der Waals surface area contributed by atoms with Crippen molar-refractivity contribution in [2.75, 3.05) is 6.61 Å². The number of hydrogen-bond acceptors (Lipinski definition) is 3. The van der Waals surface area contributed by atoms with Crippen LogP contribution >= 0.6 is 0 Å². The van der Waals surface area contributed by atoms with E-state index in [9.17, 15) is 9.18 Å². The average Bonchev–Trinajstić information content (AvgIpc) is 2.55. The number of aryl methyl sites for hydroxylation is 1. The molecule has 2 unspecified atom stereocenters. The largest absolute Gasteiger partial charge is 0.484 e. The van der Waals surface area contributed by atoms with Crippen molar-refractivity contribution in [1.82, 2.24) is 0 Å². The highest BCUT2D eigenvalue weighted by atomic mass is 19.1. The number of benzene rings is 2. The summed E-state index contributed by atoms with van der Waals surface area (Å²) in [6.07, 6.45) is 2.48. The molecule has 1 aliphatic carbocycles. The van der Waals surface area contributed by atoms with E-state index < -0.39 is 5.91 Å². The molecular formula is C19H21FN2O2. The van der Waals surface area contributed by atoms with Gasteiger partial charge >= 0.3 is 0 Å². The lowest BCUT2D eigenvalue weighted by Crippen LogP contribution is -2.34. The zero-order valence-corrected chi connectivity index (χ0v) is 13.4. The van der Waals surface area contributed by atoms with Gasteiger partial charge < -0.3 is 16.2 Å². The van der Waals surface area contributed by atoms with Gasteiger partial charge in [0.05, 0.1) is 0 Å². The number of carbonyl (C=O) groups is 1. The first kappa shape index (κ1) is 16.5. The molecule has 1 amide bonds. The summed E-state index contributed by atoms with van der Waals surface area (Å²) in [5, 5.41) is 0. The van der Waals surface area contributed by atoms with Gasteiger partial charge in [-0.25, -0.2) is 4.39 Å². The molecule has 0 bridgehead atoms. The monoisotopic (exact) mass is 328 g/mol. The van der Waals surface area contributed by atoms with Crippen molar-refractivity contribution in [1.29, 1.82) is 0 Å². The SMILES string of the molecule is NC(=O)COc1ccc2c(c1)C(Cc1cccc(F)c1)C(N)CC2. The standard InChI is InChI=1S/C19H21FN2O2/c20-14-3-1-2-12(8-14)9-17-16-10-15(24-11-19(22)23)6-4-13(16)5-7-18(17)21/h1-4,6,8,10,17-18H,5,7,9,11,21H2,(H2,22,23). The van der Waals surface area contributed by atoms with E-state index in [0.29, 0.717) is 12.2 Å². The number of hydrogen-bond donors (Lipinski definition) is 2. The third kappa shape index (κ3) is 3.74. The van der Waals surface area contributed by atoms with Crippen LogP contribution in [0.25, 0.3) is 0 Å². The predicted octanol–water partition coefficient (Wildman–Crippen LogP) is 2.29. The van der Waals surface area contributed by atoms with Gasteiger partial charge in [-0.15, -0.1) is 0 Å². The van der Waals surface area contributed by atoms with Crippen LogP contribution in [0.15, 0.2) is 42.5 Å². The van der Waals surface area contributed by atoms with Crippen LogP contribution in [0.5, 0.6) is 5.75 Å². The first-order valence-corrected chi connectivity index (χ1v) is 8.07. The fourth-order valence-electron chi connectivity index (χ4n) is 3.32. The average molecular weight is 328 g/mol. The predicted molar refractivity (Wildman–Crippen MR) is 90.3 cm³/mol. The third-order valence-corrected chi connectivity index (χ3v) is 4.51. The molecule has 0 spiro atoms. The molecule has 126 valence electrons. The Balaban J connectivity index is 1.87. The Labute approximate surface area is 140 Å². The van der Waals surface area contributed by atoms with Crippen LogP contribution in [0.1, 0.15) is 29.0 Å². The molecule has 0 saturated carbocycles. The summed E-state index contributed by atoms with van der Waals surface area (Å²) in [5.74, 6) is -0.0602. The zero-order chi connectivity index (χ0) is 17.1. The number of fused-ring (bicyclic) bond motifs is 1. The van der Waals surface area contributed by atoms with Gasteiger partial charge in [-0.2, -0.15) is 0 Å². The van der Waals surface area contributed by atoms with E-state index in [1.54, 1.807) is 12.1 Å². The van der Waals surface area contributed by atoms with E-state index in [4.69, 9.17) is 16.2 Å². The van der Waals surface area contributed by atoms with Gasteiger partial charge in [-0.3, -0.25) is 4.79 Å². The maximum atomic E-state index is 13.5. The Bertz CT molecular complexity index is 748. The summed E-state index contributed by atoms with van der Waals surface area (Å²) in [6.45, 7) is -0.153. The topological polar surface area (TPSA) is 78.3 Å². The number of amides is 1. The second-order valence-electron chi connectivity index (χ2n) is 6.26. The molecule has 0 aliphatic heterocycles. The molecule has 4 N–H and O–H groups in total. The molecule has 0 saturated heterocycles. The number of rotatable bonds is 5. The highest BCUT2D eigenvalue weighted by Gasteiger charge is 2.27. The second-order valence-corrected chi connectivity index (χ2v) is 6.26. The number of ether oxygens (including phenoxy) is 1. The molecule has 2 atom stereocenters. The van der Waals surface area contributed by atoms with Crippen LogP contribution in [0.3, 0.4) is 0 Å². The van der Waals surface area contributed by atoms with Crippen LogP contribution in [-0.4, -0.2) is 18.6 Å². The quantitative estimate of drug-likeness (QED) is 0.884. The number of primary amides is 1. The second kappa shape index (κ2) is 7.01. The van der Waals surface area contributed by atoms with Crippen molar-refractivity contribution in [2.45, 2.75) is 31.2 Å². The van der Waals surface area contributed by atoms with Crippen LogP contribution in [0.2, 0.25) is 0 Å². The lowest BCUT2D eigenvalue weighted by atomic mass is 9.76. The van der Waals surface area contributed by atoms with E-state index in [-0.39, 0.29) is 24.4 Å². The number of halogens is 1. The summed E-state index contributed by atoms with van der Waals surface area (Å²) in [6, 6.07) is 12.4. The molecule has 0 aromatic heterocycles. The van der Waals surface area contributed by atoms with E-state index >= 15 is 0 Å². The molecule has 0 heterocycles. The van der Waals surface area contributed by atoms with Crippen molar-refractivity contribution in [2.24, 2.45) is 11.5 Å². The maximum absolute atomic E-state index is 13.5. The van der Waals surface area contributed by atoms with Gasteiger partial charge in [0.2, 0.25) is 0 Å². The molecular weight excluding hydrogens is 307 g/mol. The summed E-state index contributed by atoms with van der Waals surface area (Å²) in [4.78, 5) is 10.9. The van der Waals surface area contributed by atoms with E-state index in [1.165, 1.54) is 11.6 Å². The molecule has 24 heavy (non-hydrogen) atoms. The van der Waals surface area contributed by atoms with Crippen LogP contribution in [-0.2, 0) is 17.6 Å². The lowest BCUT2D eigenvalue weighted by molar-refractivity contribution is -0.119. The minimum atomic E-state index is -0.513. The van der Waals surface area contributed by atoms with Crippen LogP contribution in [0, 0.1) is 5.82 Å². The highest BCUT2D eigenvalue weighted by Crippen LogP contribution is 2.35. The molecule has 0 radical (unpaired) electrons. The van der Waals surface area contributed by atoms with Crippen LogP contribution < -0.4 is 16.2 Å². The molecule has 2 aromatic rings. The Morgan fingerprint density at radius 3 is 2.83 bits per heavy atom. The Kier molecular flexibility index (Phi) is 4.81. The smallest absolute Gasteiger partial charge is 0.255 e. The van der Waals surface area contributed by atoms with Crippen molar-refractivity contribution in [3.8, 4) is 5.75 Å². The molecule has 5 heteroatoms. The third-order valence-electron chi connectivity index (χ3n) is 4.51. The molecule has 4 nitrogen and oxygen atoms in total. The van der Waals surface area contributed by atoms with Crippen molar-refractivity contribution in [3.63, 3.8) is 0 Å². The Hall–Kier alpha value is -2.40. The Morgan fingerprint density at radius 1 is 1.25 bits per heavy atom. The minimum absolute atomic E-state index is 0.00663. The minimum Gasteiger partial charge on any atom is -0.484 e. The normalized spacial score (nSPS) is 19.6. The van der Waals surface area contributed by atoms with Gasteiger partial charge in [0, 0.05) is 12.0 Å². The number of carbonyl (C=O) groups excluding carboxylic acids is 1. The molecule has 2 aromatic carbocycles. The van der Waals surface area contributed by atoms with Gasteiger partial charge in [0.15, 0.2) is 6.61 Å². The van der Waals surface area contributed by atoms with Crippen molar-refractivity contribution < 1.29 is 13.9 Å². The van der Waals surface area contributed by atoms with E-state index in [1.807, 2.05) is 24.3 Å². The van der Waals surface area contributed by atoms with Gasteiger partial charge in [0.1, 0.15) is 11.6 Å². The van der Waals surface area contributed by atoms with Gasteiger partial charge in [-0.1, -0.05) is 18.2 Å². The number of nitrogens with two attached hydrogens (primary N) is 2. The zero-order valence-electron chi connectivity index (χ0n) is 13.4. The summed E-state index contributed by atoms with van der Waals surface area (Å²) >= 11 is 0. The molecule has 3 rings (SSSR count). The highest BCUT2D eigenvalue weighted by molar-refractivity contribution is 5.75. The van der Waals surface area contributed by atoms with Gasteiger partial charge in [-0.05, 0) is 60.2 Å². The Morgan fingerprint density at radius 2 is 2.08 bits per heavy atom. The fraction of sp³-hybridized carbons (Fsp3) is 0.316. The first-order chi connectivity index (χ1) is 11.5. The van der Waals surface area contributed by atoms with Crippen molar-refractivity contribution >= 4 is 5.91 Å². The summed E-state index contributed by atoms with van der Waals surface area (Å²) in [7, 11) is 0. The maximum Gasteiger partial charge on any atom is 0.255 e. The molecule has 1 aliphatic rings. The molecule has 0 fully saturated rings. The summed E-state index contributed by atoms with van der Waals surface area (Å²) in [5.41, 5.74) is 14.7. The van der Waals surface area contributed by atoms with E-state index in [0.717, 1.165) is 24.0 Å². The van der Waals surface area contributed by atoms with Crippen LogP contribution in [0.4, 0.5) is 4.39 Å². The fourth-order valence-corrected chi connectivity index (χ4v) is 3.32. The lowest BCUT2D eigenvalue weighted by Gasteiger charge is -2.32.